The minimum absolute atomic E-state index is 0.164. The number of hydrogen-bond acceptors (Lipinski definition) is 5. The lowest BCUT2D eigenvalue weighted by atomic mass is 10.1. The van der Waals surface area contributed by atoms with E-state index in [1.165, 1.54) is 0 Å². The van der Waals surface area contributed by atoms with Crippen molar-refractivity contribution in [3.05, 3.63) is 64.9 Å². The topological polar surface area (TPSA) is 71.3 Å². The van der Waals surface area contributed by atoms with Gasteiger partial charge in [0, 0.05) is 49.9 Å². The fourth-order valence-corrected chi connectivity index (χ4v) is 2.64. The molecule has 2 aromatic heterocycles. The lowest BCUT2D eigenvalue weighted by Crippen LogP contribution is -2.28. The largest absolute Gasteiger partial charge is 0.362 e. The number of amides is 1. The highest BCUT2D eigenvalue weighted by molar-refractivity contribution is 6.30. The molecule has 0 unspecified atom stereocenters. The van der Waals surface area contributed by atoms with Crippen LogP contribution in [0.15, 0.2) is 53.2 Å². The van der Waals surface area contributed by atoms with Crippen molar-refractivity contribution in [3.8, 4) is 11.3 Å². The predicted molar refractivity (Wildman–Crippen MR) is 102 cm³/mol. The van der Waals surface area contributed by atoms with Crippen molar-refractivity contribution in [1.82, 2.24) is 15.5 Å². The maximum Gasteiger partial charge on any atom is 0.255 e. The average molecular weight is 371 g/mol. The highest BCUT2D eigenvalue weighted by Gasteiger charge is 2.13. The van der Waals surface area contributed by atoms with Gasteiger partial charge in [-0.1, -0.05) is 16.8 Å². The molecule has 2 heterocycles. The van der Waals surface area contributed by atoms with Gasteiger partial charge < -0.3 is 14.7 Å². The van der Waals surface area contributed by atoms with Crippen LogP contribution < -0.4 is 10.2 Å². The molecule has 1 N–H and O–H groups in total. The van der Waals surface area contributed by atoms with E-state index in [-0.39, 0.29) is 5.91 Å². The molecule has 0 bridgehead atoms. The van der Waals surface area contributed by atoms with E-state index in [0.717, 1.165) is 11.3 Å². The summed E-state index contributed by atoms with van der Waals surface area (Å²) in [6.07, 6.45) is 2.24. The standard InChI is InChI=1S/C19H19ClN4O2/c1-24(2)18-16(4-3-10-21-18)19(25)22-11-9-15-12-17(26-23-15)13-5-7-14(20)8-6-13/h3-8,10,12H,9,11H2,1-2H3,(H,22,25). The average Bonchev–Trinajstić information content (AvgIpc) is 3.11. The second-order valence-electron chi connectivity index (χ2n) is 5.96. The number of hydrogen-bond donors (Lipinski definition) is 1. The van der Waals surface area contributed by atoms with Crippen LogP contribution in [-0.4, -0.2) is 36.7 Å². The predicted octanol–water partition coefficient (Wildman–Crippen LogP) is 3.43. The molecular formula is C19H19ClN4O2. The Morgan fingerprint density at radius 3 is 2.73 bits per heavy atom. The van der Waals surface area contributed by atoms with Gasteiger partial charge in [-0.05, 0) is 36.4 Å². The number of rotatable bonds is 6. The lowest BCUT2D eigenvalue weighted by molar-refractivity contribution is 0.0954. The smallest absolute Gasteiger partial charge is 0.255 e. The Kier molecular flexibility index (Phi) is 5.53. The van der Waals surface area contributed by atoms with Gasteiger partial charge in [-0.3, -0.25) is 4.79 Å². The van der Waals surface area contributed by atoms with Crippen LogP contribution >= 0.6 is 11.6 Å². The highest BCUT2D eigenvalue weighted by Crippen LogP contribution is 2.22. The Labute approximate surface area is 156 Å². The van der Waals surface area contributed by atoms with Gasteiger partial charge in [-0.15, -0.1) is 0 Å². The van der Waals surface area contributed by atoms with Crippen LogP contribution in [0.2, 0.25) is 5.02 Å². The summed E-state index contributed by atoms with van der Waals surface area (Å²) in [6.45, 7) is 0.452. The highest BCUT2D eigenvalue weighted by atomic mass is 35.5. The number of carbonyl (C=O) groups is 1. The zero-order valence-corrected chi connectivity index (χ0v) is 15.3. The van der Waals surface area contributed by atoms with E-state index in [1.54, 1.807) is 30.5 Å². The molecule has 0 spiro atoms. The van der Waals surface area contributed by atoms with Crippen molar-refractivity contribution in [1.29, 1.82) is 0 Å². The fraction of sp³-hybridized carbons (Fsp3) is 0.211. The van der Waals surface area contributed by atoms with Gasteiger partial charge in [0.1, 0.15) is 5.82 Å². The van der Waals surface area contributed by atoms with E-state index >= 15 is 0 Å². The third-order valence-electron chi connectivity index (χ3n) is 3.81. The van der Waals surface area contributed by atoms with Gasteiger partial charge in [0.15, 0.2) is 5.76 Å². The molecule has 0 saturated carbocycles. The summed E-state index contributed by atoms with van der Waals surface area (Å²) < 4.78 is 5.36. The van der Waals surface area contributed by atoms with E-state index in [2.05, 4.69) is 15.5 Å². The van der Waals surface area contributed by atoms with Gasteiger partial charge in [0.2, 0.25) is 0 Å². The third kappa shape index (κ3) is 4.21. The van der Waals surface area contributed by atoms with Gasteiger partial charge in [0.25, 0.3) is 5.91 Å². The van der Waals surface area contributed by atoms with Crippen LogP contribution in [0.1, 0.15) is 16.1 Å². The zero-order valence-electron chi connectivity index (χ0n) is 14.6. The molecule has 3 rings (SSSR count). The lowest BCUT2D eigenvalue weighted by Gasteiger charge is -2.15. The Morgan fingerprint density at radius 1 is 1.23 bits per heavy atom. The maximum atomic E-state index is 12.4. The molecule has 0 atom stereocenters. The number of nitrogens with zero attached hydrogens (tertiary/aromatic N) is 3. The van der Waals surface area contributed by atoms with Crippen molar-refractivity contribution in [2.45, 2.75) is 6.42 Å². The van der Waals surface area contributed by atoms with Crippen LogP contribution in [-0.2, 0) is 6.42 Å². The van der Waals surface area contributed by atoms with E-state index < -0.39 is 0 Å². The van der Waals surface area contributed by atoms with Crippen LogP contribution in [0.5, 0.6) is 0 Å². The number of anilines is 1. The van der Waals surface area contributed by atoms with Crippen LogP contribution in [0.3, 0.4) is 0 Å². The molecule has 0 saturated heterocycles. The number of pyridine rings is 1. The van der Waals surface area contributed by atoms with Crippen LogP contribution in [0.25, 0.3) is 11.3 Å². The quantitative estimate of drug-likeness (QED) is 0.719. The fourth-order valence-electron chi connectivity index (χ4n) is 2.51. The minimum atomic E-state index is -0.164. The molecule has 0 fully saturated rings. The van der Waals surface area contributed by atoms with Gasteiger partial charge in [0.05, 0.1) is 11.3 Å². The van der Waals surface area contributed by atoms with Gasteiger partial charge >= 0.3 is 0 Å². The summed E-state index contributed by atoms with van der Waals surface area (Å²) in [5.41, 5.74) is 2.22. The summed E-state index contributed by atoms with van der Waals surface area (Å²) in [5, 5.41) is 7.62. The van der Waals surface area contributed by atoms with Crippen LogP contribution in [0.4, 0.5) is 5.82 Å². The molecule has 3 aromatic rings. The van der Waals surface area contributed by atoms with Crippen molar-refractivity contribution in [2.24, 2.45) is 0 Å². The van der Waals surface area contributed by atoms with Gasteiger partial charge in [-0.2, -0.15) is 0 Å². The molecule has 134 valence electrons. The summed E-state index contributed by atoms with van der Waals surface area (Å²) in [5.74, 6) is 1.14. The summed E-state index contributed by atoms with van der Waals surface area (Å²) in [7, 11) is 3.71. The first-order chi connectivity index (χ1) is 12.5. The Bertz CT molecular complexity index is 891. The normalized spacial score (nSPS) is 10.6. The summed E-state index contributed by atoms with van der Waals surface area (Å²) in [4.78, 5) is 18.4. The summed E-state index contributed by atoms with van der Waals surface area (Å²) >= 11 is 5.89. The van der Waals surface area contributed by atoms with Crippen LogP contribution in [0, 0.1) is 0 Å². The number of benzene rings is 1. The second kappa shape index (κ2) is 8.01. The van der Waals surface area contributed by atoms with Crippen molar-refractivity contribution < 1.29 is 9.32 Å². The third-order valence-corrected chi connectivity index (χ3v) is 4.06. The Morgan fingerprint density at radius 2 is 2.00 bits per heavy atom. The van der Waals surface area contributed by atoms with E-state index in [1.807, 2.05) is 37.2 Å². The van der Waals surface area contributed by atoms with E-state index in [0.29, 0.717) is 35.1 Å². The summed E-state index contributed by atoms with van der Waals surface area (Å²) in [6, 6.07) is 12.7. The molecule has 1 amide bonds. The molecule has 1 aromatic carbocycles. The monoisotopic (exact) mass is 370 g/mol. The van der Waals surface area contributed by atoms with Gasteiger partial charge in [-0.25, -0.2) is 4.98 Å². The molecular weight excluding hydrogens is 352 g/mol. The number of carbonyl (C=O) groups excluding carboxylic acids is 1. The first-order valence-corrected chi connectivity index (χ1v) is 8.54. The van der Waals surface area contributed by atoms with E-state index in [4.69, 9.17) is 16.1 Å². The molecule has 7 heteroatoms. The zero-order chi connectivity index (χ0) is 18.5. The molecule has 0 aliphatic carbocycles. The van der Waals surface area contributed by atoms with Crippen molar-refractivity contribution in [2.75, 3.05) is 25.5 Å². The first-order valence-electron chi connectivity index (χ1n) is 8.16. The minimum Gasteiger partial charge on any atom is -0.362 e. The maximum absolute atomic E-state index is 12.4. The second-order valence-corrected chi connectivity index (χ2v) is 6.40. The molecule has 6 nitrogen and oxygen atoms in total. The number of halogens is 1. The van der Waals surface area contributed by atoms with Crippen molar-refractivity contribution >= 4 is 23.3 Å². The SMILES string of the molecule is CN(C)c1ncccc1C(=O)NCCc1cc(-c2ccc(Cl)cc2)on1. The Balaban J connectivity index is 1.59. The number of nitrogens with one attached hydrogen (secondary N) is 1. The Hall–Kier alpha value is -2.86. The molecule has 26 heavy (non-hydrogen) atoms. The molecule has 0 aliphatic rings. The molecule has 0 aliphatic heterocycles. The van der Waals surface area contributed by atoms with Crippen molar-refractivity contribution in [3.63, 3.8) is 0 Å². The van der Waals surface area contributed by atoms with E-state index in [9.17, 15) is 4.79 Å². The number of aromatic nitrogens is 2. The molecule has 0 radical (unpaired) electrons. The first kappa shape index (κ1) is 17.9.